The fourth-order valence-electron chi connectivity index (χ4n) is 0.933. The molecule has 0 fully saturated rings. The van der Waals surface area contributed by atoms with Crippen molar-refractivity contribution in [1.29, 1.82) is 0 Å². The molecule has 1 rings (SSSR count). The molecule has 14 heavy (non-hydrogen) atoms. The van der Waals surface area contributed by atoms with E-state index in [1.165, 1.54) is 0 Å². The smallest absolute Gasteiger partial charge is 0.189 e. The van der Waals surface area contributed by atoms with Gasteiger partial charge in [-0.05, 0) is 24.6 Å². The summed E-state index contributed by atoms with van der Waals surface area (Å²) in [4.78, 5) is 0. The van der Waals surface area contributed by atoms with Crippen LogP contribution in [0.1, 0.15) is 12.5 Å². The quantitative estimate of drug-likeness (QED) is 0.442. The molecule has 0 aliphatic carbocycles. The Morgan fingerprint density at radius 1 is 1.36 bits per heavy atom. The molecule has 1 aromatic carbocycles. The Bertz CT molecular complexity index is 289. The summed E-state index contributed by atoms with van der Waals surface area (Å²) in [5.74, 6) is 1.07. The molecule has 0 heterocycles. The minimum absolute atomic E-state index is 0.219. The second kappa shape index (κ2) is 6.12. The van der Waals surface area contributed by atoms with Crippen LogP contribution in [0, 0.1) is 0 Å². The lowest BCUT2D eigenvalue weighted by atomic mass is 10.2. The van der Waals surface area contributed by atoms with E-state index in [4.69, 9.17) is 32.7 Å². The molecular formula is C10H12Cl2O2. The van der Waals surface area contributed by atoms with Gasteiger partial charge in [0.1, 0.15) is 5.75 Å². The minimum atomic E-state index is 0.219. The summed E-state index contributed by atoms with van der Waals surface area (Å²) in [6.45, 7) is 2.75. The molecule has 78 valence electrons. The molecule has 0 spiro atoms. The van der Waals surface area contributed by atoms with Crippen molar-refractivity contribution in [3.05, 3.63) is 28.8 Å². The zero-order valence-corrected chi connectivity index (χ0v) is 9.44. The van der Waals surface area contributed by atoms with Crippen LogP contribution in [0.3, 0.4) is 0 Å². The summed E-state index contributed by atoms with van der Waals surface area (Å²) in [5.41, 5.74) is 0.973. The molecule has 2 nitrogen and oxygen atoms in total. The van der Waals surface area contributed by atoms with Crippen LogP contribution < -0.4 is 4.74 Å². The number of benzene rings is 1. The van der Waals surface area contributed by atoms with Gasteiger partial charge >= 0.3 is 0 Å². The van der Waals surface area contributed by atoms with Crippen LogP contribution in [-0.2, 0) is 10.6 Å². The lowest BCUT2D eigenvalue weighted by molar-refractivity contribution is 0.0224. The maximum Gasteiger partial charge on any atom is 0.189 e. The molecule has 0 aromatic heterocycles. The van der Waals surface area contributed by atoms with Gasteiger partial charge in [-0.1, -0.05) is 17.7 Å². The standard InChI is InChI=1S/C10H12Cl2O2/c1-2-13-7-14-10-4-3-8(6-11)5-9(10)12/h3-5H,2,6-7H2,1H3. The highest BCUT2D eigenvalue weighted by Crippen LogP contribution is 2.25. The zero-order valence-electron chi connectivity index (χ0n) is 7.93. The molecule has 4 heteroatoms. The molecule has 0 saturated heterocycles. The van der Waals surface area contributed by atoms with Gasteiger partial charge in [-0.3, -0.25) is 0 Å². The van der Waals surface area contributed by atoms with Gasteiger partial charge in [-0.15, -0.1) is 11.6 Å². The predicted molar refractivity (Wildman–Crippen MR) is 58.1 cm³/mol. The first-order valence-electron chi connectivity index (χ1n) is 4.33. The van der Waals surface area contributed by atoms with Gasteiger partial charge in [0, 0.05) is 12.5 Å². The van der Waals surface area contributed by atoms with Gasteiger partial charge in [0.2, 0.25) is 0 Å². The first-order chi connectivity index (χ1) is 6.77. The van der Waals surface area contributed by atoms with E-state index in [2.05, 4.69) is 0 Å². The Morgan fingerprint density at radius 3 is 2.71 bits per heavy atom. The highest BCUT2D eigenvalue weighted by molar-refractivity contribution is 6.32. The second-order valence-electron chi connectivity index (χ2n) is 2.65. The molecular weight excluding hydrogens is 223 g/mol. The van der Waals surface area contributed by atoms with Gasteiger partial charge in [-0.2, -0.15) is 0 Å². The molecule has 0 aliphatic rings. The summed E-state index contributed by atoms with van der Waals surface area (Å²) < 4.78 is 10.3. The summed E-state index contributed by atoms with van der Waals surface area (Å²) in [7, 11) is 0. The van der Waals surface area contributed by atoms with Crippen molar-refractivity contribution < 1.29 is 9.47 Å². The van der Waals surface area contributed by atoms with Crippen LogP contribution in [0.5, 0.6) is 5.75 Å². The van der Waals surface area contributed by atoms with E-state index in [1.807, 2.05) is 13.0 Å². The van der Waals surface area contributed by atoms with Gasteiger partial charge in [0.05, 0.1) is 5.02 Å². The minimum Gasteiger partial charge on any atom is -0.466 e. The number of alkyl halides is 1. The van der Waals surface area contributed by atoms with Gasteiger partial charge in [0.15, 0.2) is 6.79 Å². The lowest BCUT2D eigenvalue weighted by Gasteiger charge is -2.08. The van der Waals surface area contributed by atoms with Crippen LogP contribution in [0.2, 0.25) is 5.02 Å². The number of rotatable bonds is 5. The molecule has 0 bridgehead atoms. The molecule has 0 atom stereocenters. The molecule has 0 unspecified atom stereocenters. The van der Waals surface area contributed by atoms with Crippen molar-refractivity contribution in [2.75, 3.05) is 13.4 Å². The zero-order chi connectivity index (χ0) is 10.4. The van der Waals surface area contributed by atoms with Crippen LogP contribution >= 0.6 is 23.2 Å². The molecule has 0 aliphatic heterocycles. The SMILES string of the molecule is CCOCOc1ccc(CCl)cc1Cl. The Kier molecular flexibility index (Phi) is 5.09. The summed E-state index contributed by atoms with van der Waals surface area (Å²) in [6.07, 6.45) is 0. The normalized spacial score (nSPS) is 10.2. The highest BCUT2D eigenvalue weighted by atomic mass is 35.5. The van der Waals surface area contributed by atoms with E-state index < -0.39 is 0 Å². The third-order valence-corrected chi connectivity index (χ3v) is 2.26. The molecule has 0 N–H and O–H groups in total. The van der Waals surface area contributed by atoms with Gasteiger partial charge in [0.25, 0.3) is 0 Å². The maximum atomic E-state index is 5.95. The topological polar surface area (TPSA) is 18.5 Å². The third-order valence-electron chi connectivity index (χ3n) is 1.65. The van der Waals surface area contributed by atoms with Crippen molar-refractivity contribution in [3.8, 4) is 5.75 Å². The van der Waals surface area contributed by atoms with Crippen molar-refractivity contribution in [1.82, 2.24) is 0 Å². The van der Waals surface area contributed by atoms with E-state index in [0.29, 0.717) is 23.3 Å². The number of halogens is 2. The average molecular weight is 235 g/mol. The fraction of sp³-hybridized carbons (Fsp3) is 0.400. The van der Waals surface area contributed by atoms with Crippen LogP contribution in [0.15, 0.2) is 18.2 Å². The van der Waals surface area contributed by atoms with Gasteiger partial charge < -0.3 is 9.47 Å². The lowest BCUT2D eigenvalue weighted by Crippen LogP contribution is -2.02. The largest absolute Gasteiger partial charge is 0.466 e. The van der Waals surface area contributed by atoms with Crippen LogP contribution in [0.4, 0.5) is 0 Å². The molecule has 1 aromatic rings. The van der Waals surface area contributed by atoms with Crippen LogP contribution in [-0.4, -0.2) is 13.4 Å². The summed E-state index contributed by atoms with van der Waals surface area (Å²) in [6, 6.07) is 5.45. The van der Waals surface area contributed by atoms with E-state index >= 15 is 0 Å². The monoisotopic (exact) mass is 234 g/mol. The summed E-state index contributed by atoms with van der Waals surface area (Å²) >= 11 is 11.6. The Morgan fingerprint density at radius 2 is 2.14 bits per heavy atom. The first kappa shape index (κ1) is 11.6. The number of hydrogen-bond donors (Lipinski definition) is 0. The van der Waals surface area contributed by atoms with E-state index in [1.54, 1.807) is 12.1 Å². The molecule has 0 radical (unpaired) electrons. The highest BCUT2D eigenvalue weighted by Gasteiger charge is 2.02. The Labute approximate surface area is 93.7 Å². The number of ether oxygens (including phenoxy) is 2. The second-order valence-corrected chi connectivity index (χ2v) is 3.33. The van der Waals surface area contributed by atoms with E-state index in [-0.39, 0.29) is 6.79 Å². The van der Waals surface area contributed by atoms with Crippen molar-refractivity contribution >= 4 is 23.2 Å². The third kappa shape index (κ3) is 3.37. The van der Waals surface area contributed by atoms with Crippen molar-refractivity contribution in [2.24, 2.45) is 0 Å². The van der Waals surface area contributed by atoms with E-state index in [9.17, 15) is 0 Å². The Balaban J connectivity index is 2.59. The number of hydrogen-bond acceptors (Lipinski definition) is 2. The maximum absolute atomic E-state index is 5.95. The van der Waals surface area contributed by atoms with Crippen molar-refractivity contribution in [2.45, 2.75) is 12.8 Å². The molecule has 0 amide bonds. The van der Waals surface area contributed by atoms with Crippen molar-refractivity contribution in [3.63, 3.8) is 0 Å². The fourth-order valence-corrected chi connectivity index (χ4v) is 1.36. The Hall–Kier alpha value is -0.440. The van der Waals surface area contributed by atoms with E-state index in [0.717, 1.165) is 5.56 Å². The molecule has 0 saturated carbocycles. The predicted octanol–water partition coefficient (Wildman–Crippen LogP) is 3.45. The van der Waals surface area contributed by atoms with Gasteiger partial charge in [-0.25, -0.2) is 0 Å². The van der Waals surface area contributed by atoms with Crippen LogP contribution in [0.25, 0.3) is 0 Å². The average Bonchev–Trinajstić information content (AvgIpc) is 2.20. The summed E-state index contributed by atoms with van der Waals surface area (Å²) in [5, 5.41) is 0.558. The first-order valence-corrected chi connectivity index (χ1v) is 5.24.